The van der Waals surface area contributed by atoms with Gasteiger partial charge in [-0.2, -0.15) is 0 Å². The highest BCUT2D eigenvalue weighted by atomic mass is 79.9. The molecule has 0 aliphatic heterocycles. The Hall–Kier alpha value is -1.59. The van der Waals surface area contributed by atoms with E-state index in [0.29, 0.717) is 39.7 Å². The molecule has 0 heterocycles. The minimum absolute atomic E-state index is 0.359. The van der Waals surface area contributed by atoms with E-state index in [-0.39, 0.29) is 0 Å². The molecule has 0 atom stereocenters. The lowest BCUT2D eigenvalue weighted by atomic mass is 10.1. The average Bonchev–Trinajstić information content (AvgIpc) is 2.68. The molecule has 0 unspecified atom stereocenters. The van der Waals surface area contributed by atoms with E-state index in [2.05, 4.69) is 21.2 Å². The normalized spacial score (nSPS) is 10.6. The topological polar surface area (TPSA) is 30.5 Å². The summed E-state index contributed by atoms with van der Waals surface area (Å²) in [5, 5.41) is 5.17. The van der Waals surface area contributed by atoms with E-state index in [1.54, 1.807) is 25.3 Å². The predicted octanol–water partition coefficient (Wildman–Crippen LogP) is 7.61. The van der Waals surface area contributed by atoms with Gasteiger partial charge in [-0.1, -0.05) is 62.9 Å². The van der Waals surface area contributed by atoms with Crippen LogP contribution in [0.1, 0.15) is 11.1 Å². The second-order valence-corrected chi connectivity index (χ2v) is 8.09. The Morgan fingerprint density at radius 1 is 0.964 bits per heavy atom. The zero-order valence-corrected chi connectivity index (χ0v) is 18.8. The van der Waals surface area contributed by atoms with E-state index in [0.717, 1.165) is 21.3 Å². The van der Waals surface area contributed by atoms with Gasteiger partial charge in [0.15, 0.2) is 11.5 Å². The van der Waals surface area contributed by atoms with Crippen molar-refractivity contribution in [2.24, 2.45) is 0 Å². The van der Waals surface area contributed by atoms with E-state index >= 15 is 0 Å². The van der Waals surface area contributed by atoms with Crippen LogP contribution in [-0.4, -0.2) is 7.11 Å². The van der Waals surface area contributed by atoms with Gasteiger partial charge in [-0.15, -0.1) is 0 Å². The first-order valence-corrected chi connectivity index (χ1v) is 10.3. The molecule has 0 amide bonds. The van der Waals surface area contributed by atoms with Crippen molar-refractivity contribution in [3.05, 3.63) is 85.3 Å². The summed E-state index contributed by atoms with van der Waals surface area (Å²) in [6, 6.07) is 16.6. The lowest BCUT2D eigenvalue weighted by Gasteiger charge is -2.18. The highest BCUT2D eigenvalue weighted by Gasteiger charge is 2.15. The SMILES string of the molecule is COc1ccc(Br)c(CNc2cc(Cl)ccc2Cl)c1OCc1cccc(Cl)c1. The summed E-state index contributed by atoms with van der Waals surface area (Å²) >= 11 is 22.0. The summed E-state index contributed by atoms with van der Waals surface area (Å²) < 4.78 is 12.5. The molecular formula is C21H17BrCl3NO2. The fourth-order valence-corrected chi connectivity index (χ4v) is 3.69. The van der Waals surface area contributed by atoms with Crippen molar-refractivity contribution in [1.82, 2.24) is 0 Å². The van der Waals surface area contributed by atoms with Crippen LogP contribution < -0.4 is 14.8 Å². The smallest absolute Gasteiger partial charge is 0.167 e. The maximum absolute atomic E-state index is 6.26. The molecular weight excluding hydrogens is 484 g/mol. The Morgan fingerprint density at radius 2 is 1.75 bits per heavy atom. The highest BCUT2D eigenvalue weighted by Crippen LogP contribution is 2.38. The van der Waals surface area contributed by atoms with Crippen molar-refractivity contribution in [2.45, 2.75) is 13.2 Å². The zero-order chi connectivity index (χ0) is 20.1. The maximum atomic E-state index is 6.26. The van der Waals surface area contributed by atoms with E-state index in [4.69, 9.17) is 44.3 Å². The highest BCUT2D eigenvalue weighted by molar-refractivity contribution is 9.10. The van der Waals surface area contributed by atoms with Gasteiger partial charge in [0.2, 0.25) is 0 Å². The molecule has 3 rings (SSSR count). The van der Waals surface area contributed by atoms with Gasteiger partial charge >= 0.3 is 0 Å². The van der Waals surface area contributed by atoms with Crippen LogP contribution in [-0.2, 0) is 13.2 Å². The van der Waals surface area contributed by atoms with E-state index in [1.165, 1.54) is 0 Å². The minimum Gasteiger partial charge on any atom is -0.493 e. The van der Waals surface area contributed by atoms with Crippen molar-refractivity contribution < 1.29 is 9.47 Å². The standard InChI is InChI=1S/C21H17BrCl3NO2/c1-27-20-8-6-17(22)16(11-26-19-10-15(24)5-7-18(19)25)21(20)28-12-13-3-2-4-14(23)9-13/h2-10,26H,11-12H2,1H3. The molecule has 3 aromatic rings. The third kappa shape index (κ3) is 5.26. The van der Waals surface area contributed by atoms with Crippen LogP contribution in [0.25, 0.3) is 0 Å². The van der Waals surface area contributed by atoms with Gasteiger partial charge in [0.1, 0.15) is 6.61 Å². The van der Waals surface area contributed by atoms with E-state index < -0.39 is 0 Å². The molecule has 0 aromatic heterocycles. The lowest BCUT2D eigenvalue weighted by molar-refractivity contribution is 0.281. The second kappa shape index (κ2) is 9.75. The molecule has 0 saturated carbocycles. The first kappa shape index (κ1) is 21.1. The van der Waals surface area contributed by atoms with Crippen molar-refractivity contribution in [3.63, 3.8) is 0 Å². The number of nitrogens with one attached hydrogen (secondary N) is 1. The van der Waals surface area contributed by atoms with Gasteiger partial charge in [0.25, 0.3) is 0 Å². The number of methoxy groups -OCH3 is 1. The van der Waals surface area contributed by atoms with E-state index in [9.17, 15) is 0 Å². The summed E-state index contributed by atoms with van der Waals surface area (Å²) in [5.41, 5.74) is 2.61. The molecule has 0 bridgehead atoms. The van der Waals surface area contributed by atoms with Crippen LogP contribution in [0.4, 0.5) is 5.69 Å². The first-order valence-electron chi connectivity index (χ1n) is 8.39. The number of hydrogen-bond donors (Lipinski definition) is 1. The fraction of sp³-hybridized carbons (Fsp3) is 0.143. The van der Waals surface area contributed by atoms with Crippen LogP contribution in [0, 0.1) is 0 Å². The monoisotopic (exact) mass is 499 g/mol. The molecule has 0 saturated heterocycles. The molecule has 0 spiro atoms. The van der Waals surface area contributed by atoms with Crippen LogP contribution in [0.3, 0.4) is 0 Å². The Morgan fingerprint density at radius 3 is 2.50 bits per heavy atom. The summed E-state index contributed by atoms with van der Waals surface area (Å²) in [7, 11) is 1.61. The Balaban J connectivity index is 1.86. The van der Waals surface area contributed by atoms with Gasteiger partial charge in [-0.25, -0.2) is 0 Å². The summed E-state index contributed by atoms with van der Waals surface area (Å²) in [6.45, 7) is 0.820. The number of anilines is 1. The van der Waals surface area contributed by atoms with Gasteiger partial charge in [-0.3, -0.25) is 0 Å². The summed E-state index contributed by atoms with van der Waals surface area (Å²) in [4.78, 5) is 0. The van der Waals surface area contributed by atoms with Gasteiger partial charge < -0.3 is 14.8 Å². The Kier molecular flexibility index (Phi) is 7.36. The predicted molar refractivity (Wildman–Crippen MR) is 120 cm³/mol. The molecule has 1 N–H and O–H groups in total. The summed E-state index contributed by atoms with van der Waals surface area (Å²) in [6.07, 6.45) is 0. The number of hydrogen-bond acceptors (Lipinski definition) is 3. The van der Waals surface area contributed by atoms with Gasteiger partial charge in [0.05, 0.1) is 17.8 Å². The van der Waals surface area contributed by atoms with E-state index in [1.807, 2.05) is 36.4 Å². The first-order chi connectivity index (χ1) is 13.5. The molecule has 3 nitrogen and oxygen atoms in total. The molecule has 28 heavy (non-hydrogen) atoms. The van der Waals surface area contributed by atoms with Crippen LogP contribution >= 0.6 is 50.7 Å². The van der Waals surface area contributed by atoms with Crippen molar-refractivity contribution in [3.8, 4) is 11.5 Å². The van der Waals surface area contributed by atoms with Crippen LogP contribution in [0.5, 0.6) is 11.5 Å². The summed E-state index contributed by atoms with van der Waals surface area (Å²) in [5.74, 6) is 1.28. The number of benzene rings is 3. The van der Waals surface area contributed by atoms with Gasteiger partial charge in [0, 0.05) is 26.6 Å². The minimum atomic E-state index is 0.359. The zero-order valence-electron chi connectivity index (χ0n) is 14.9. The van der Waals surface area contributed by atoms with Crippen molar-refractivity contribution >= 4 is 56.4 Å². The molecule has 0 fully saturated rings. The molecule has 0 aliphatic rings. The molecule has 146 valence electrons. The number of ether oxygens (including phenoxy) is 2. The Labute approximate surface area is 187 Å². The molecule has 0 aliphatic carbocycles. The number of halogens is 4. The lowest BCUT2D eigenvalue weighted by Crippen LogP contribution is -2.06. The number of rotatable bonds is 7. The van der Waals surface area contributed by atoms with Crippen molar-refractivity contribution in [1.29, 1.82) is 0 Å². The average molecular weight is 502 g/mol. The second-order valence-electron chi connectivity index (χ2n) is 5.95. The molecule has 0 radical (unpaired) electrons. The molecule has 7 heteroatoms. The van der Waals surface area contributed by atoms with Crippen LogP contribution in [0.15, 0.2) is 59.1 Å². The maximum Gasteiger partial charge on any atom is 0.167 e. The Bertz CT molecular complexity index is 982. The quantitative estimate of drug-likeness (QED) is 0.361. The fourth-order valence-electron chi connectivity index (χ4n) is 2.66. The van der Waals surface area contributed by atoms with Crippen molar-refractivity contribution in [2.75, 3.05) is 12.4 Å². The largest absolute Gasteiger partial charge is 0.493 e. The van der Waals surface area contributed by atoms with Gasteiger partial charge in [-0.05, 0) is 48.0 Å². The molecule has 3 aromatic carbocycles. The van der Waals surface area contributed by atoms with Crippen LogP contribution in [0.2, 0.25) is 15.1 Å². The third-order valence-corrected chi connectivity index (χ3v) is 5.59. The third-order valence-electron chi connectivity index (χ3n) is 4.04.